The molecule has 3 rings (SSSR count). The van der Waals surface area contributed by atoms with E-state index in [2.05, 4.69) is 5.32 Å². The number of morpholine rings is 1. The largest absolute Gasteiger partial charge is 0.490 e. The van der Waals surface area contributed by atoms with Crippen molar-refractivity contribution < 1.29 is 13.9 Å². The van der Waals surface area contributed by atoms with Crippen molar-refractivity contribution in [1.29, 1.82) is 0 Å². The summed E-state index contributed by atoms with van der Waals surface area (Å²) in [5, 5.41) is 4.21. The maximum atomic E-state index is 12.0. The summed E-state index contributed by atoms with van der Waals surface area (Å²) in [6.45, 7) is 4.33. The number of aryl methyl sites for hydroxylation is 1. The van der Waals surface area contributed by atoms with E-state index in [0.29, 0.717) is 24.4 Å². The van der Waals surface area contributed by atoms with Crippen LogP contribution in [0.25, 0.3) is 11.0 Å². The number of rotatable bonds is 3. The zero-order valence-corrected chi connectivity index (χ0v) is 13.5. The molecule has 1 saturated heterocycles. The summed E-state index contributed by atoms with van der Waals surface area (Å²) >= 11 is 0. The number of benzene rings is 1. The molecule has 2 heterocycles. The van der Waals surface area contributed by atoms with Gasteiger partial charge in [0, 0.05) is 24.0 Å². The maximum absolute atomic E-state index is 12.0. The molecule has 1 atom stereocenters. The number of hydrogen-bond donors (Lipinski definition) is 1. The molecule has 0 saturated carbocycles. The lowest BCUT2D eigenvalue weighted by molar-refractivity contribution is 0.0277. The molecule has 1 aliphatic rings. The van der Waals surface area contributed by atoms with E-state index in [1.54, 1.807) is 0 Å². The number of ether oxygens (including phenoxy) is 2. The number of fused-ring (bicyclic) bond motifs is 1. The summed E-state index contributed by atoms with van der Waals surface area (Å²) in [5.74, 6) is 0.299. The molecule has 1 aromatic heterocycles. The standard InChI is InChI=1S/C16H19NO4.ClH/c1-3-11-12-5-4-10(14-9-17-6-7-20-14)8-13(12)21-16(18)15(11)19-2;/h4-5,8,14,17H,3,6-7,9H2,1-2H3;1H. The summed E-state index contributed by atoms with van der Waals surface area (Å²) < 4.78 is 16.3. The Labute approximate surface area is 135 Å². The van der Waals surface area contributed by atoms with Gasteiger partial charge in [0.25, 0.3) is 0 Å². The van der Waals surface area contributed by atoms with Crippen molar-refractivity contribution >= 4 is 23.4 Å². The molecule has 5 nitrogen and oxygen atoms in total. The van der Waals surface area contributed by atoms with E-state index < -0.39 is 5.63 Å². The average molecular weight is 326 g/mol. The van der Waals surface area contributed by atoms with E-state index in [-0.39, 0.29) is 18.5 Å². The highest BCUT2D eigenvalue weighted by atomic mass is 35.5. The van der Waals surface area contributed by atoms with Crippen molar-refractivity contribution in [2.24, 2.45) is 0 Å². The van der Waals surface area contributed by atoms with Crippen LogP contribution >= 0.6 is 12.4 Å². The van der Waals surface area contributed by atoms with Crippen LogP contribution in [-0.2, 0) is 11.2 Å². The van der Waals surface area contributed by atoms with Gasteiger partial charge in [-0.25, -0.2) is 4.79 Å². The van der Waals surface area contributed by atoms with Crippen molar-refractivity contribution in [3.8, 4) is 5.75 Å². The van der Waals surface area contributed by atoms with Gasteiger partial charge in [0.15, 0.2) is 0 Å². The summed E-state index contributed by atoms with van der Waals surface area (Å²) in [6, 6.07) is 5.90. The molecule has 6 heteroatoms. The molecule has 0 bridgehead atoms. The number of nitrogens with one attached hydrogen (secondary N) is 1. The Morgan fingerprint density at radius 1 is 1.41 bits per heavy atom. The van der Waals surface area contributed by atoms with Crippen LogP contribution in [0.4, 0.5) is 0 Å². The minimum atomic E-state index is -0.429. The first-order valence-electron chi connectivity index (χ1n) is 7.20. The fourth-order valence-electron chi connectivity index (χ4n) is 2.80. The number of hydrogen-bond acceptors (Lipinski definition) is 5. The van der Waals surface area contributed by atoms with E-state index in [1.807, 2.05) is 25.1 Å². The third-order valence-electron chi connectivity index (χ3n) is 3.85. The Hall–Kier alpha value is -1.56. The van der Waals surface area contributed by atoms with Gasteiger partial charge < -0.3 is 19.2 Å². The van der Waals surface area contributed by atoms with Crippen LogP contribution in [0.15, 0.2) is 27.4 Å². The Morgan fingerprint density at radius 2 is 2.23 bits per heavy atom. The summed E-state index contributed by atoms with van der Waals surface area (Å²) in [4.78, 5) is 12.0. The maximum Gasteiger partial charge on any atom is 0.379 e. The van der Waals surface area contributed by atoms with E-state index >= 15 is 0 Å². The van der Waals surface area contributed by atoms with Crippen LogP contribution < -0.4 is 15.7 Å². The van der Waals surface area contributed by atoms with Crippen LogP contribution in [-0.4, -0.2) is 26.8 Å². The molecular weight excluding hydrogens is 306 g/mol. The fourth-order valence-corrected chi connectivity index (χ4v) is 2.80. The molecule has 0 radical (unpaired) electrons. The highest BCUT2D eigenvalue weighted by molar-refractivity contribution is 5.85. The van der Waals surface area contributed by atoms with Gasteiger partial charge in [-0.3, -0.25) is 0 Å². The molecule has 120 valence electrons. The zero-order chi connectivity index (χ0) is 14.8. The monoisotopic (exact) mass is 325 g/mol. The lowest BCUT2D eigenvalue weighted by atomic mass is 10.0. The van der Waals surface area contributed by atoms with E-state index in [4.69, 9.17) is 13.9 Å². The summed E-state index contributed by atoms with van der Waals surface area (Å²) in [5.41, 5.74) is 2.06. The first-order valence-corrected chi connectivity index (χ1v) is 7.20. The lowest BCUT2D eigenvalue weighted by Gasteiger charge is -2.24. The second kappa shape index (κ2) is 7.13. The minimum absolute atomic E-state index is 0. The zero-order valence-electron chi connectivity index (χ0n) is 12.7. The molecular formula is C16H20ClNO4. The molecule has 1 fully saturated rings. The molecule has 1 unspecified atom stereocenters. The molecule has 1 aliphatic heterocycles. The SMILES string of the molecule is CCc1c(OC)c(=O)oc2cc(C3CNCCO3)ccc12.Cl. The van der Waals surface area contributed by atoms with Gasteiger partial charge in [-0.1, -0.05) is 19.1 Å². The van der Waals surface area contributed by atoms with Crippen LogP contribution in [0.2, 0.25) is 0 Å². The minimum Gasteiger partial charge on any atom is -0.490 e. The van der Waals surface area contributed by atoms with E-state index in [1.165, 1.54) is 7.11 Å². The van der Waals surface area contributed by atoms with Gasteiger partial charge in [-0.15, -0.1) is 12.4 Å². The van der Waals surface area contributed by atoms with Gasteiger partial charge in [0.1, 0.15) is 5.58 Å². The number of methoxy groups -OCH3 is 1. The van der Waals surface area contributed by atoms with Gasteiger partial charge in [0.2, 0.25) is 5.75 Å². The Balaban J connectivity index is 0.00000176. The Bertz CT molecular complexity index is 707. The smallest absolute Gasteiger partial charge is 0.379 e. The quantitative estimate of drug-likeness (QED) is 0.878. The third kappa shape index (κ3) is 2.97. The van der Waals surface area contributed by atoms with Crippen molar-refractivity contribution in [1.82, 2.24) is 5.32 Å². The molecule has 0 amide bonds. The number of halogens is 1. The van der Waals surface area contributed by atoms with Gasteiger partial charge in [-0.2, -0.15) is 0 Å². The normalized spacial score (nSPS) is 18.0. The molecule has 0 spiro atoms. The fraction of sp³-hybridized carbons (Fsp3) is 0.438. The topological polar surface area (TPSA) is 60.7 Å². The van der Waals surface area contributed by atoms with E-state index in [0.717, 1.165) is 29.6 Å². The van der Waals surface area contributed by atoms with Gasteiger partial charge in [-0.05, 0) is 18.1 Å². The Kier molecular flexibility index (Phi) is 5.45. The second-order valence-electron chi connectivity index (χ2n) is 5.07. The van der Waals surface area contributed by atoms with Crippen LogP contribution in [0, 0.1) is 0 Å². The van der Waals surface area contributed by atoms with Crippen molar-refractivity contribution in [2.45, 2.75) is 19.4 Å². The Morgan fingerprint density at radius 3 is 2.86 bits per heavy atom. The van der Waals surface area contributed by atoms with Gasteiger partial charge in [0.05, 0.1) is 19.8 Å². The third-order valence-corrected chi connectivity index (χ3v) is 3.85. The predicted octanol–water partition coefficient (Wildman–Crippen LogP) is 2.45. The average Bonchev–Trinajstić information content (AvgIpc) is 2.53. The van der Waals surface area contributed by atoms with Crippen molar-refractivity contribution in [2.75, 3.05) is 26.8 Å². The van der Waals surface area contributed by atoms with Gasteiger partial charge >= 0.3 is 5.63 Å². The molecule has 1 aromatic carbocycles. The predicted molar refractivity (Wildman–Crippen MR) is 87.2 cm³/mol. The summed E-state index contributed by atoms with van der Waals surface area (Å²) in [7, 11) is 1.49. The second-order valence-corrected chi connectivity index (χ2v) is 5.07. The first-order chi connectivity index (χ1) is 10.2. The van der Waals surface area contributed by atoms with E-state index in [9.17, 15) is 4.79 Å². The highest BCUT2D eigenvalue weighted by Gasteiger charge is 2.19. The van der Waals surface area contributed by atoms with Crippen molar-refractivity contribution in [3.05, 3.63) is 39.7 Å². The van der Waals surface area contributed by atoms with Crippen LogP contribution in [0.5, 0.6) is 5.75 Å². The first kappa shape index (κ1) is 16.8. The molecule has 22 heavy (non-hydrogen) atoms. The molecule has 1 N–H and O–H groups in total. The summed E-state index contributed by atoms with van der Waals surface area (Å²) in [6.07, 6.45) is 0.715. The van der Waals surface area contributed by atoms with Crippen LogP contribution in [0.1, 0.15) is 24.2 Å². The molecule has 2 aromatic rings. The lowest BCUT2D eigenvalue weighted by Crippen LogP contribution is -2.33. The highest BCUT2D eigenvalue weighted by Crippen LogP contribution is 2.28. The van der Waals surface area contributed by atoms with Crippen LogP contribution in [0.3, 0.4) is 0 Å². The van der Waals surface area contributed by atoms with Crippen molar-refractivity contribution in [3.63, 3.8) is 0 Å². The molecule has 0 aliphatic carbocycles.